The van der Waals surface area contributed by atoms with Crippen molar-refractivity contribution in [2.45, 2.75) is 32.6 Å². The molecule has 40 heavy (non-hydrogen) atoms. The summed E-state index contributed by atoms with van der Waals surface area (Å²) in [6.45, 7) is 4.78. The molecule has 2 unspecified atom stereocenters. The van der Waals surface area contributed by atoms with Crippen molar-refractivity contribution in [3.63, 3.8) is 0 Å². The maximum absolute atomic E-state index is 13.2. The predicted octanol–water partition coefficient (Wildman–Crippen LogP) is 5.17. The molecular weight excluding hydrogens is 506 g/mol. The van der Waals surface area contributed by atoms with E-state index in [0.29, 0.717) is 26.4 Å². The first kappa shape index (κ1) is 27.8. The maximum atomic E-state index is 13.2. The van der Waals surface area contributed by atoms with Gasteiger partial charge in [0.25, 0.3) is 0 Å². The van der Waals surface area contributed by atoms with E-state index >= 15 is 0 Å². The van der Waals surface area contributed by atoms with Crippen molar-refractivity contribution in [3.8, 4) is 0 Å². The Morgan fingerprint density at radius 2 is 1.48 bits per heavy atom. The number of benzene rings is 3. The molecule has 2 atom stereocenters. The van der Waals surface area contributed by atoms with Gasteiger partial charge in [-0.1, -0.05) is 66.7 Å². The first-order chi connectivity index (χ1) is 19.5. The monoisotopic (exact) mass is 543 g/mol. The van der Waals surface area contributed by atoms with Gasteiger partial charge in [0, 0.05) is 17.3 Å². The first-order valence-electron chi connectivity index (χ1n) is 14.0. The van der Waals surface area contributed by atoms with Crippen LogP contribution in [0.15, 0.2) is 78.9 Å². The van der Waals surface area contributed by atoms with Crippen LogP contribution in [-0.2, 0) is 25.6 Å². The summed E-state index contributed by atoms with van der Waals surface area (Å²) in [5, 5.41) is 2.07. The fourth-order valence-corrected chi connectivity index (χ4v) is 5.43. The van der Waals surface area contributed by atoms with Crippen LogP contribution in [0.4, 0.5) is 4.79 Å². The molecule has 3 aromatic carbocycles. The Morgan fingerprint density at radius 3 is 2.10 bits per heavy atom. The molecule has 1 aliphatic rings. The van der Waals surface area contributed by atoms with E-state index in [4.69, 9.17) is 19.9 Å². The minimum absolute atomic E-state index is 0.248. The average Bonchev–Trinajstić information content (AvgIpc) is 3.33. The summed E-state index contributed by atoms with van der Waals surface area (Å²) in [6.07, 6.45) is 0.583. The van der Waals surface area contributed by atoms with Crippen molar-refractivity contribution in [3.05, 3.63) is 84.4 Å². The van der Waals surface area contributed by atoms with Crippen LogP contribution in [0, 0.1) is 11.8 Å². The number of rotatable bonds is 10. The zero-order chi connectivity index (χ0) is 27.9. The van der Waals surface area contributed by atoms with Crippen LogP contribution in [-0.4, -0.2) is 60.6 Å². The third kappa shape index (κ3) is 6.36. The number of ether oxygens (including phenoxy) is 3. The van der Waals surface area contributed by atoms with Crippen molar-refractivity contribution in [1.29, 1.82) is 0 Å². The Hall–Kier alpha value is -3.72. The average molecular weight is 544 g/mol. The van der Waals surface area contributed by atoms with Gasteiger partial charge in [0.05, 0.1) is 30.9 Å². The molecule has 0 radical (unpaired) electrons. The lowest BCUT2D eigenvalue weighted by Gasteiger charge is -2.34. The molecule has 0 spiro atoms. The molecule has 1 aliphatic heterocycles. The number of esters is 1. The molecular formula is C32H37N3O5. The Balaban J connectivity index is 1.15. The molecule has 4 aromatic rings. The van der Waals surface area contributed by atoms with Crippen LogP contribution < -0.4 is 5.73 Å². The summed E-state index contributed by atoms with van der Waals surface area (Å²) in [7, 11) is 0. The minimum atomic E-state index is -0.774. The van der Waals surface area contributed by atoms with Gasteiger partial charge in [0.15, 0.2) is 0 Å². The number of carbonyl (C=O) groups excluding carboxylic acids is 2. The number of para-hydroxylation sites is 2. The molecule has 2 heterocycles. The summed E-state index contributed by atoms with van der Waals surface area (Å²) < 4.78 is 18.7. The fourth-order valence-electron chi connectivity index (χ4n) is 5.43. The lowest BCUT2D eigenvalue weighted by molar-refractivity contribution is -0.155. The molecule has 5 rings (SSSR count). The number of nitrogens with two attached hydrogens (primary N) is 1. The number of hydrogen-bond donors (Lipinski definition) is 1. The molecule has 0 saturated carbocycles. The minimum Gasteiger partial charge on any atom is -0.466 e. The van der Waals surface area contributed by atoms with Crippen LogP contribution in [0.25, 0.3) is 21.8 Å². The highest BCUT2D eigenvalue weighted by Crippen LogP contribution is 2.29. The van der Waals surface area contributed by atoms with Crippen molar-refractivity contribution in [2.24, 2.45) is 17.6 Å². The molecule has 0 amide bonds. The second-order valence-electron chi connectivity index (χ2n) is 10.3. The third-order valence-corrected chi connectivity index (χ3v) is 7.64. The lowest BCUT2D eigenvalue weighted by Crippen LogP contribution is -2.47. The molecule has 210 valence electrons. The molecule has 8 nitrogen and oxygen atoms in total. The normalized spacial score (nSPS) is 16.1. The van der Waals surface area contributed by atoms with Gasteiger partial charge >= 0.3 is 12.1 Å². The summed E-state index contributed by atoms with van der Waals surface area (Å²) in [5.74, 6) is -0.684. The number of nitrogens with zero attached hydrogens (tertiary/aromatic N) is 2. The summed E-state index contributed by atoms with van der Waals surface area (Å²) in [5.41, 5.74) is 9.03. The van der Waals surface area contributed by atoms with E-state index in [1.807, 2.05) is 78.9 Å². The van der Waals surface area contributed by atoms with Crippen molar-refractivity contribution in [1.82, 2.24) is 9.47 Å². The Labute approximate surface area is 234 Å². The van der Waals surface area contributed by atoms with Gasteiger partial charge in [-0.15, -0.1) is 0 Å². The molecule has 0 aliphatic carbocycles. The molecule has 2 N–H and O–H groups in total. The number of piperidine rings is 1. The highest BCUT2D eigenvalue weighted by molar-refractivity contribution is 6.12. The fraction of sp³-hybridized carbons (Fsp3) is 0.375. The highest BCUT2D eigenvalue weighted by atomic mass is 16.6. The van der Waals surface area contributed by atoms with Crippen molar-refractivity contribution in [2.75, 3.05) is 32.8 Å². The number of likely N-dealkylation sites (tertiary alicyclic amines) is 1. The smallest absolute Gasteiger partial charge is 0.418 e. The number of carbonyl (C=O) groups is 2. The summed E-state index contributed by atoms with van der Waals surface area (Å²) in [4.78, 5) is 28.2. The van der Waals surface area contributed by atoms with E-state index in [1.54, 1.807) is 11.5 Å². The van der Waals surface area contributed by atoms with Crippen molar-refractivity contribution >= 4 is 33.9 Å². The molecule has 8 heteroatoms. The van der Waals surface area contributed by atoms with Crippen LogP contribution in [0.3, 0.4) is 0 Å². The van der Waals surface area contributed by atoms with E-state index in [9.17, 15) is 9.59 Å². The van der Waals surface area contributed by atoms with E-state index in [2.05, 4.69) is 4.90 Å². The predicted molar refractivity (Wildman–Crippen MR) is 155 cm³/mol. The van der Waals surface area contributed by atoms with Gasteiger partial charge in [-0.2, -0.15) is 0 Å². The Kier molecular flexibility index (Phi) is 9.11. The lowest BCUT2D eigenvalue weighted by atomic mass is 9.96. The maximum Gasteiger partial charge on any atom is 0.418 e. The standard InChI is InChI=1S/C32H37N3O5/c1-2-38-31(36)27(30(33)39-21-23-10-4-3-5-11-23)20-34-18-16-24(17-19-34)22-40-32(37)35-28-14-8-6-12-25(28)26-13-7-9-15-29(26)35/h3-15,24,27,30H,2,16-22,33H2,1H3. The first-order valence-corrected chi connectivity index (χ1v) is 14.0. The van der Waals surface area contributed by atoms with E-state index in [0.717, 1.165) is 53.3 Å². The van der Waals surface area contributed by atoms with Gasteiger partial charge in [-0.25, -0.2) is 9.36 Å². The number of hydrogen-bond acceptors (Lipinski definition) is 7. The van der Waals surface area contributed by atoms with Gasteiger partial charge in [0.1, 0.15) is 12.1 Å². The SMILES string of the molecule is CCOC(=O)C(CN1CCC(COC(=O)n2c3ccccc3c3ccccc32)CC1)C(N)OCc1ccccc1. The van der Waals surface area contributed by atoms with Gasteiger partial charge in [0.2, 0.25) is 0 Å². The van der Waals surface area contributed by atoms with E-state index < -0.39 is 12.1 Å². The van der Waals surface area contributed by atoms with Gasteiger partial charge in [-0.05, 0) is 56.5 Å². The second kappa shape index (κ2) is 13.1. The third-order valence-electron chi connectivity index (χ3n) is 7.64. The summed E-state index contributed by atoms with van der Waals surface area (Å²) >= 11 is 0. The van der Waals surface area contributed by atoms with E-state index in [-0.39, 0.29) is 18.0 Å². The Morgan fingerprint density at radius 1 is 0.875 bits per heavy atom. The van der Waals surface area contributed by atoms with Gasteiger partial charge in [-0.3, -0.25) is 4.79 Å². The highest BCUT2D eigenvalue weighted by Gasteiger charge is 2.32. The second-order valence-corrected chi connectivity index (χ2v) is 10.3. The van der Waals surface area contributed by atoms with Crippen LogP contribution in [0.1, 0.15) is 25.3 Å². The quantitative estimate of drug-likeness (QED) is 0.218. The van der Waals surface area contributed by atoms with Crippen LogP contribution >= 0.6 is 0 Å². The van der Waals surface area contributed by atoms with Crippen LogP contribution in [0.2, 0.25) is 0 Å². The summed E-state index contributed by atoms with van der Waals surface area (Å²) in [6, 6.07) is 25.5. The largest absolute Gasteiger partial charge is 0.466 e. The zero-order valence-electron chi connectivity index (χ0n) is 22.9. The molecule has 1 saturated heterocycles. The van der Waals surface area contributed by atoms with Gasteiger partial charge < -0.3 is 24.8 Å². The van der Waals surface area contributed by atoms with Crippen molar-refractivity contribution < 1.29 is 23.8 Å². The topological polar surface area (TPSA) is 96.0 Å². The zero-order valence-corrected chi connectivity index (χ0v) is 22.9. The number of aromatic nitrogens is 1. The van der Waals surface area contributed by atoms with E-state index in [1.165, 1.54) is 0 Å². The van der Waals surface area contributed by atoms with Crippen LogP contribution in [0.5, 0.6) is 0 Å². The number of fused-ring (bicyclic) bond motifs is 3. The Bertz CT molecular complexity index is 1380. The molecule has 0 bridgehead atoms. The molecule has 1 aromatic heterocycles. The molecule has 1 fully saturated rings.